The zero-order chi connectivity index (χ0) is 29.5. The summed E-state index contributed by atoms with van der Waals surface area (Å²) in [5, 5.41) is 15.3. The summed E-state index contributed by atoms with van der Waals surface area (Å²) in [5.74, 6) is 1.68. The Morgan fingerprint density at radius 1 is 1.12 bits per heavy atom. The van der Waals surface area contributed by atoms with Crippen molar-refractivity contribution in [2.24, 2.45) is 0 Å². The maximum atomic E-state index is 12.7. The van der Waals surface area contributed by atoms with E-state index in [1.54, 1.807) is 34.9 Å². The van der Waals surface area contributed by atoms with Crippen molar-refractivity contribution in [2.45, 2.75) is 56.8 Å². The fourth-order valence-corrected chi connectivity index (χ4v) is 5.55. The number of ether oxygens (including phenoxy) is 2. The van der Waals surface area contributed by atoms with Crippen molar-refractivity contribution in [3.63, 3.8) is 0 Å². The van der Waals surface area contributed by atoms with Gasteiger partial charge in [-0.1, -0.05) is 6.08 Å². The molecule has 1 aromatic heterocycles. The number of aliphatic hydroxyl groups is 1. The molecule has 3 N–H and O–H groups in total. The van der Waals surface area contributed by atoms with Crippen LogP contribution in [0.3, 0.4) is 0 Å². The summed E-state index contributed by atoms with van der Waals surface area (Å²) in [7, 11) is 0. The van der Waals surface area contributed by atoms with Crippen molar-refractivity contribution in [1.82, 2.24) is 14.9 Å². The molecule has 10 nitrogen and oxygen atoms in total. The molecule has 1 aliphatic carbocycles. The van der Waals surface area contributed by atoms with Gasteiger partial charge in [-0.15, -0.1) is 0 Å². The van der Waals surface area contributed by atoms with E-state index in [1.165, 1.54) is 0 Å². The normalized spacial score (nSPS) is 16.5. The molecule has 4 rings (SSSR count). The van der Waals surface area contributed by atoms with E-state index in [4.69, 9.17) is 19.4 Å². The number of nitrogens with one attached hydrogen (secondary N) is 2. The van der Waals surface area contributed by atoms with Crippen LogP contribution in [0, 0.1) is 0 Å². The molecule has 41 heavy (non-hydrogen) atoms. The summed E-state index contributed by atoms with van der Waals surface area (Å²) in [6, 6.07) is 9.19. The summed E-state index contributed by atoms with van der Waals surface area (Å²) in [4.78, 5) is 36.4. The van der Waals surface area contributed by atoms with Gasteiger partial charge in [-0.3, -0.25) is 5.32 Å². The first-order chi connectivity index (χ1) is 19.6. The molecule has 0 saturated carbocycles. The molecule has 0 atom stereocenters. The van der Waals surface area contributed by atoms with Gasteiger partial charge in [0, 0.05) is 37.0 Å². The topological polar surface area (TPSA) is 126 Å². The molecule has 0 radical (unpaired) electrons. The summed E-state index contributed by atoms with van der Waals surface area (Å²) >= 11 is 1.72. The van der Waals surface area contributed by atoms with Crippen LogP contribution >= 0.6 is 11.8 Å². The molecule has 2 heterocycles. The van der Waals surface area contributed by atoms with Crippen LogP contribution in [0.2, 0.25) is 0 Å². The molecule has 1 aliphatic heterocycles. The molecule has 1 fully saturated rings. The smallest absolute Gasteiger partial charge is 0.417 e. The second-order valence-electron chi connectivity index (χ2n) is 11.0. The molecule has 11 heteroatoms. The SMILES string of the molecule is CSC1(c2cc(NCCO)nc(-c3ccc(NC(=O)OC4=CCCC=C4)cc3)n2)CCN(C(=O)OC(C)(C)C)CC1. The highest BCUT2D eigenvalue weighted by atomic mass is 32.2. The molecule has 220 valence electrons. The molecule has 2 amide bonds. The number of hydrogen-bond acceptors (Lipinski definition) is 9. The second kappa shape index (κ2) is 13.4. The number of likely N-dealkylation sites (tertiary alicyclic amines) is 1. The predicted octanol–water partition coefficient (Wildman–Crippen LogP) is 5.92. The van der Waals surface area contributed by atoms with Crippen LogP contribution < -0.4 is 10.6 Å². The lowest BCUT2D eigenvalue weighted by atomic mass is 9.91. The van der Waals surface area contributed by atoms with E-state index in [0.717, 1.165) is 24.1 Å². The average Bonchev–Trinajstić information content (AvgIpc) is 2.96. The first-order valence-corrected chi connectivity index (χ1v) is 15.1. The quantitative estimate of drug-likeness (QED) is 0.348. The van der Waals surface area contributed by atoms with Crippen molar-refractivity contribution >= 4 is 35.5 Å². The predicted molar refractivity (Wildman–Crippen MR) is 162 cm³/mol. The molecule has 2 aliphatic rings. The first kappa shape index (κ1) is 30.4. The Kier molecular flexibility index (Phi) is 9.93. The second-order valence-corrected chi connectivity index (χ2v) is 12.1. The average molecular weight is 582 g/mol. The number of nitrogens with zero attached hydrogens (tertiary/aromatic N) is 3. The number of carbonyl (C=O) groups excluding carboxylic acids is 2. The van der Waals surface area contributed by atoms with Gasteiger partial charge in [0.2, 0.25) is 0 Å². The van der Waals surface area contributed by atoms with Crippen LogP contribution in [0.5, 0.6) is 0 Å². The zero-order valence-corrected chi connectivity index (χ0v) is 24.9. The monoisotopic (exact) mass is 581 g/mol. The molecular formula is C30H39N5O5S. The number of benzene rings is 1. The van der Waals surface area contributed by atoms with E-state index in [1.807, 2.05) is 51.1 Å². The number of anilines is 2. The third-order valence-corrected chi connectivity index (χ3v) is 8.18. The lowest BCUT2D eigenvalue weighted by Gasteiger charge is -2.40. The van der Waals surface area contributed by atoms with Crippen LogP contribution in [0.4, 0.5) is 21.1 Å². The number of rotatable bonds is 8. The number of allylic oxidation sites excluding steroid dienone is 3. The number of aliphatic hydroxyl groups excluding tert-OH is 1. The number of carbonyl (C=O) groups is 2. The van der Waals surface area contributed by atoms with Crippen LogP contribution in [0.15, 0.2) is 54.3 Å². The number of aromatic nitrogens is 2. The Morgan fingerprint density at radius 3 is 2.46 bits per heavy atom. The van der Waals surface area contributed by atoms with Crippen LogP contribution in [0.1, 0.15) is 52.1 Å². The van der Waals surface area contributed by atoms with Crippen LogP contribution in [-0.2, 0) is 14.2 Å². The van der Waals surface area contributed by atoms with Crippen LogP contribution in [0.25, 0.3) is 11.4 Å². The van der Waals surface area contributed by atoms with Gasteiger partial charge in [0.1, 0.15) is 17.2 Å². The fraction of sp³-hybridized carbons (Fsp3) is 0.467. The third-order valence-electron chi connectivity index (χ3n) is 6.79. The minimum absolute atomic E-state index is 0.0314. The van der Waals surface area contributed by atoms with Crippen molar-refractivity contribution in [2.75, 3.05) is 43.1 Å². The van der Waals surface area contributed by atoms with Crippen molar-refractivity contribution < 1.29 is 24.2 Å². The minimum Gasteiger partial charge on any atom is -0.444 e. The summed E-state index contributed by atoms with van der Waals surface area (Å²) in [5.41, 5.74) is 1.68. The van der Waals surface area contributed by atoms with Crippen LogP contribution in [-0.4, -0.2) is 70.3 Å². The van der Waals surface area contributed by atoms with Gasteiger partial charge in [0.25, 0.3) is 0 Å². The molecular weight excluding hydrogens is 542 g/mol. The van der Waals surface area contributed by atoms with Gasteiger partial charge >= 0.3 is 12.2 Å². The highest BCUT2D eigenvalue weighted by Gasteiger charge is 2.39. The maximum Gasteiger partial charge on any atom is 0.417 e. The Labute approximate surface area is 245 Å². The number of amides is 2. The van der Waals surface area contributed by atoms with Gasteiger partial charge in [0.05, 0.1) is 17.0 Å². The first-order valence-electron chi connectivity index (χ1n) is 13.8. The lowest BCUT2D eigenvalue weighted by molar-refractivity contribution is 0.0195. The molecule has 0 unspecified atom stereocenters. The zero-order valence-electron chi connectivity index (χ0n) is 24.1. The largest absolute Gasteiger partial charge is 0.444 e. The molecule has 1 saturated heterocycles. The van der Waals surface area contributed by atoms with E-state index in [-0.39, 0.29) is 17.4 Å². The third kappa shape index (κ3) is 8.23. The molecule has 2 aromatic rings. The number of thioether (sulfide) groups is 1. The molecule has 0 bridgehead atoms. The highest BCUT2D eigenvalue weighted by molar-refractivity contribution is 7.99. The Balaban J connectivity index is 1.52. The summed E-state index contributed by atoms with van der Waals surface area (Å²) in [6.07, 6.45) is 10.1. The number of piperidine rings is 1. The molecule has 1 aromatic carbocycles. The van der Waals surface area contributed by atoms with E-state index in [9.17, 15) is 14.7 Å². The van der Waals surface area contributed by atoms with Gasteiger partial charge in [-0.25, -0.2) is 19.6 Å². The van der Waals surface area contributed by atoms with Gasteiger partial charge in [-0.05, 0) is 89.1 Å². The van der Waals surface area contributed by atoms with Gasteiger partial charge < -0.3 is 24.8 Å². The number of hydrogen-bond donors (Lipinski definition) is 3. The fourth-order valence-electron chi connectivity index (χ4n) is 4.64. The Bertz CT molecular complexity index is 1280. The Morgan fingerprint density at radius 2 is 1.85 bits per heavy atom. The van der Waals surface area contributed by atoms with Gasteiger partial charge in [0.15, 0.2) is 5.82 Å². The standard InChI is InChI=1S/C30H39N5O5S/c1-29(2,3)40-28(38)35-17-14-30(41-4,15-18-35)24-20-25(31-16-19-36)34-26(33-24)21-10-12-22(13-11-21)32-27(37)39-23-8-6-5-7-9-23/h6,8-13,20,36H,5,7,14-19H2,1-4H3,(H,32,37)(H,31,33,34). The highest BCUT2D eigenvalue weighted by Crippen LogP contribution is 2.44. The van der Waals surface area contributed by atoms with Crippen molar-refractivity contribution in [3.8, 4) is 11.4 Å². The Hall–Kier alpha value is -3.57. The van der Waals surface area contributed by atoms with Gasteiger partial charge in [-0.2, -0.15) is 11.8 Å². The summed E-state index contributed by atoms with van der Waals surface area (Å²) in [6.45, 7) is 7.03. The molecule has 0 spiro atoms. The van der Waals surface area contributed by atoms with E-state index < -0.39 is 11.7 Å². The maximum absolute atomic E-state index is 12.7. The summed E-state index contributed by atoms with van der Waals surface area (Å²) < 4.78 is 10.6. The van der Waals surface area contributed by atoms with Crippen molar-refractivity contribution in [3.05, 3.63) is 60.0 Å². The van der Waals surface area contributed by atoms with E-state index >= 15 is 0 Å². The van der Waals surface area contributed by atoms with E-state index in [0.29, 0.717) is 55.6 Å². The minimum atomic E-state index is -0.552. The lowest BCUT2D eigenvalue weighted by Crippen LogP contribution is -2.46. The van der Waals surface area contributed by atoms with E-state index in [2.05, 4.69) is 16.9 Å². The van der Waals surface area contributed by atoms with Crippen molar-refractivity contribution in [1.29, 1.82) is 0 Å².